The van der Waals surface area contributed by atoms with Crippen LogP contribution >= 0.6 is 0 Å². The van der Waals surface area contributed by atoms with Gasteiger partial charge in [0.15, 0.2) is 0 Å². The minimum atomic E-state index is -0.160. The summed E-state index contributed by atoms with van der Waals surface area (Å²) in [5.41, 5.74) is 1.63. The van der Waals surface area contributed by atoms with E-state index in [2.05, 4.69) is 29.7 Å². The Morgan fingerprint density at radius 1 is 1.21 bits per heavy atom. The molecule has 1 aliphatic heterocycles. The molecule has 0 aliphatic carbocycles. The van der Waals surface area contributed by atoms with Crippen LogP contribution in [0.4, 0.5) is 0 Å². The van der Waals surface area contributed by atoms with Gasteiger partial charge in [0, 0.05) is 31.3 Å². The molecule has 1 aromatic heterocycles. The maximum atomic E-state index is 12.2. The number of carbonyl (C=O) groups excluding carboxylic acids is 1. The van der Waals surface area contributed by atoms with E-state index in [-0.39, 0.29) is 17.5 Å². The van der Waals surface area contributed by atoms with Crippen molar-refractivity contribution >= 4 is 5.91 Å². The van der Waals surface area contributed by atoms with Gasteiger partial charge in [0.25, 0.3) is 5.91 Å². The van der Waals surface area contributed by atoms with Gasteiger partial charge in [-0.2, -0.15) is 0 Å². The van der Waals surface area contributed by atoms with Gasteiger partial charge in [-0.15, -0.1) is 0 Å². The van der Waals surface area contributed by atoms with Crippen molar-refractivity contribution in [3.8, 4) is 0 Å². The van der Waals surface area contributed by atoms with Gasteiger partial charge in [0.05, 0.1) is 11.8 Å². The first-order valence-electron chi connectivity index (χ1n) is 8.39. The first-order valence-corrected chi connectivity index (χ1v) is 8.39. The molecule has 3 rings (SSSR count). The Labute approximate surface area is 142 Å². The smallest absolute Gasteiger partial charge is 0.254 e. The van der Waals surface area contributed by atoms with Crippen molar-refractivity contribution in [2.24, 2.45) is 0 Å². The van der Waals surface area contributed by atoms with Crippen LogP contribution in [0.3, 0.4) is 0 Å². The van der Waals surface area contributed by atoms with Crippen molar-refractivity contribution in [2.45, 2.75) is 31.3 Å². The number of hydrogen-bond acceptors (Lipinski definition) is 4. The van der Waals surface area contributed by atoms with Crippen molar-refractivity contribution in [3.05, 3.63) is 60.1 Å². The molecule has 1 aliphatic rings. The van der Waals surface area contributed by atoms with E-state index >= 15 is 0 Å². The molecule has 2 N–H and O–H groups in total. The van der Waals surface area contributed by atoms with E-state index in [1.54, 1.807) is 6.07 Å². The monoisotopic (exact) mass is 328 g/mol. The number of ether oxygens (including phenoxy) is 1. The van der Waals surface area contributed by atoms with Crippen molar-refractivity contribution in [3.63, 3.8) is 0 Å². The fourth-order valence-electron chi connectivity index (χ4n) is 3.16. The molecule has 128 valence electrons. The van der Waals surface area contributed by atoms with Crippen LogP contribution in [0.5, 0.6) is 0 Å². The lowest BCUT2D eigenvalue weighted by Crippen LogP contribution is -2.57. The Balaban J connectivity index is 1.67. The highest BCUT2D eigenvalue weighted by molar-refractivity contribution is 5.93. The summed E-state index contributed by atoms with van der Waals surface area (Å²) in [4.78, 5) is 12.2. The van der Waals surface area contributed by atoms with Crippen LogP contribution in [0, 0.1) is 0 Å². The van der Waals surface area contributed by atoms with E-state index in [1.807, 2.05) is 18.2 Å². The number of nitrogens with one attached hydrogen (secondary N) is 2. The molecule has 1 amide bonds. The zero-order valence-corrected chi connectivity index (χ0v) is 14.0. The Morgan fingerprint density at radius 2 is 1.96 bits per heavy atom. The first kappa shape index (κ1) is 16.7. The van der Waals surface area contributed by atoms with E-state index < -0.39 is 0 Å². The average Bonchev–Trinajstić information content (AvgIpc) is 3.16. The molecule has 5 heteroatoms. The highest BCUT2D eigenvalue weighted by Crippen LogP contribution is 2.25. The molecule has 2 aromatic rings. The van der Waals surface area contributed by atoms with Gasteiger partial charge in [-0.25, -0.2) is 0 Å². The van der Waals surface area contributed by atoms with Gasteiger partial charge < -0.3 is 19.8 Å². The lowest BCUT2D eigenvalue weighted by molar-refractivity contribution is 0.0332. The largest absolute Gasteiger partial charge is 0.472 e. The lowest BCUT2D eigenvalue weighted by atomic mass is 9.88. The van der Waals surface area contributed by atoms with Gasteiger partial charge in [-0.05, 0) is 31.4 Å². The summed E-state index contributed by atoms with van der Waals surface area (Å²) >= 11 is 0. The van der Waals surface area contributed by atoms with E-state index in [0.29, 0.717) is 25.3 Å². The summed E-state index contributed by atoms with van der Waals surface area (Å²) in [5, 5.41) is 6.77. The second-order valence-corrected chi connectivity index (χ2v) is 6.36. The molecule has 1 saturated heterocycles. The average molecular weight is 328 g/mol. The van der Waals surface area contributed by atoms with E-state index in [1.165, 1.54) is 18.1 Å². The summed E-state index contributed by atoms with van der Waals surface area (Å²) in [6.07, 6.45) is 4.71. The number of amides is 1. The molecule has 0 unspecified atom stereocenters. The zero-order chi connectivity index (χ0) is 16.8. The molecule has 1 fully saturated rings. The third-order valence-electron chi connectivity index (χ3n) is 4.64. The van der Waals surface area contributed by atoms with E-state index in [0.717, 1.165) is 12.8 Å². The van der Waals surface area contributed by atoms with Crippen LogP contribution in [-0.2, 0) is 4.74 Å². The van der Waals surface area contributed by atoms with Crippen LogP contribution in [0.2, 0.25) is 0 Å². The predicted octanol–water partition coefficient (Wildman–Crippen LogP) is 2.91. The van der Waals surface area contributed by atoms with Crippen molar-refractivity contribution in [2.75, 3.05) is 19.8 Å². The van der Waals surface area contributed by atoms with Gasteiger partial charge in [0.1, 0.15) is 6.26 Å². The van der Waals surface area contributed by atoms with Crippen molar-refractivity contribution < 1.29 is 13.9 Å². The highest BCUT2D eigenvalue weighted by Gasteiger charge is 2.34. The van der Waals surface area contributed by atoms with Crippen LogP contribution in [0.15, 0.2) is 53.3 Å². The molecule has 24 heavy (non-hydrogen) atoms. The van der Waals surface area contributed by atoms with Gasteiger partial charge in [-0.3, -0.25) is 4.79 Å². The van der Waals surface area contributed by atoms with E-state index in [9.17, 15) is 4.79 Å². The number of carbonyl (C=O) groups is 1. The van der Waals surface area contributed by atoms with Crippen LogP contribution in [0.25, 0.3) is 0 Å². The van der Waals surface area contributed by atoms with E-state index in [4.69, 9.17) is 9.15 Å². The van der Waals surface area contributed by atoms with Crippen molar-refractivity contribution in [1.82, 2.24) is 10.6 Å². The maximum Gasteiger partial charge on any atom is 0.254 e. The summed E-state index contributed by atoms with van der Waals surface area (Å²) in [6.45, 7) is 4.13. The maximum absolute atomic E-state index is 12.2. The minimum Gasteiger partial charge on any atom is -0.472 e. The predicted molar refractivity (Wildman–Crippen MR) is 91.8 cm³/mol. The Bertz CT molecular complexity index is 634. The van der Waals surface area contributed by atoms with Crippen molar-refractivity contribution in [1.29, 1.82) is 0 Å². The standard InChI is InChI=1S/C19H24N2O3/c1-15(16-5-3-2-4-6-16)21-19(8-11-23-12-9-19)14-20-18(22)17-7-10-24-13-17/h2-7,10,13,15,21H,8-9,11-12,14H2,1H3,(H,20,22)/t15-/m0/s1. The third kappa shape index (κ3) is 4.04. The van der Waals surface area contributed by atoms with Crippen LogP contribution in [-0.4, -0.2) is 31.2 Å². The summed E-state index contributed by atoms with van der Waals surface area (Å²) in [5.74, 6) is -0.108. The van der Waals surface area contributed by atoms with Gasteiger partial charge >= 0.3 is 0 Å². The third-order valence-corrected chi connectivity index (χ3v) is 4.64. The summed E-state index contributed by atoms with van der Waals surface area (Å²) < 4.78 is 10.5. The molecule has 2 heterocycles. The minimum absolute atomic E-state index is 0.108. The SMILES string of the molecule is C[C@H](NC1(CNC(=O)c2ccoc2)CCOCC1)c1ccccc1. The molecule has 0 spiro atoms. The summed E-state index contributed by atoms with van der Waals surface area (Å²) in [6, 6.07) is 12.2. The number of benzene rings is 1. The van der Waals surface area contributed by atoms with Gasteiger partial charge in [0.2, 0.25) is 0 Å². The molecule has 1 atom stereocenters. The Kier molecular flexibility index (Phi) is 5.33. The molecule has 0 radical (unpaired) electrons. The molecule has 0 bridgehead atoms. The number of furan rings is 1. The molecular formula is C19H24N2O3. The number of rotatable bonds is 6. The zero-order valence-electron chi connectivity index (χ0n) is 14.0. The molecule has 5 nitrogen and oxygen atoms in total. The Morgan fingerprint density at radius 3 is 2.62 bits per heavy atom. The second kappa shape index (κ2) is 7.64. The lowest BCUT2D eigenvalue weighted by Gasteiger charge is -2.40. The normalized spacial score (nSPS) is 18.0. The fourth-order valence-corrected chi connectivity index (χ4v) is 3.16. The second-order valence-electron chi connectivity index (χ2n) is 6.36. The fraction of sp³-hybridized carbons (Fsp3) is 0.421. The summed E-state index contributed by atoms with van der Waals surface area (Å²) in [7, 11) is 0. The quantitative estimate of drug-likeness (QED) is 0.856. The highest BCUT2D eigenvalue weighted by atomic mass is 16.5. The molecule has 0 saturated carbocycles. The molecule has 1 aromatic carbocycles. The van der Waals surface area contributed by atoms with Crippen LogP contribution < -0.4 is 10.6 Å². The number of hydrogen-bond donors (Lipinski definition) is 2. The first-order chi connectivity index (χ1) is 11.7. The molecular weight excluding hydrogens is 304 g/mol. The van der Waals surface area contributed by atoms with Gasteiger partial charge in [-0.1, -0.05) is 30.3 Å². The Hall–Kier alpha value is -2.11. The van der Waals surface area contributed by atoms with Crippen LogP contribution in [0.1, 0.15) is 41.7 Å². The topological polar surface area (TPSA) is 63.5 Å².